The van der Waals surface area contributed by atoms with Crippen molar-refractivity contribution < 1.29 is 9.47 Å². The molecule has 1 rings (SSSR count). The van der Waals surface area contributed by atoms with Crippen LogP contribution in [0.3, 0.4) is 0 Å². The highest BCUT2D eigenvalue weighted by atomic mass is 35.5. The van der Waals surface area contributed by atoms with Gasteiger partial charge in [-0.25, -0.2) is 0 Å². The molecule has 0 fully saturated rings. The zero-order valence-corrected chi connectivity index (χ0v) is 13.6. The Morgan fingerprint density at radius 3 is 2.60 bits per heavy atom. The van der Waals surface area contributed by atoms with Crippen molar-refractivity contribution >= 4 is 11.6 Å². The molecule has 1 aromatic carbocycles. The highest BCUT2D eigenvalue weighted by Crippen LogP contribution is 2.22. The summed E-state index contributed by atoms with van der Waals surface area (Å²) in [5.74, 6) is 0. The Kier molecular flexibility index (Phi) is 8.15. The highest BCUT2D eigenvalue weighted by Gasteiger charge is 2.16. The van der Waals surface area contributed by atoms with Crippen molar-refractivity contribution in [3.63, 3.8) is 0 Å². The second kappa shape index (κ2) is 9.35. The Morgan fingerprint density at radius 2 is 2.00 bits per heavy atom. The summed E-state index contributed by atoms with van der Waals surface area (Å²) >= 11 is 6.07. The number of benzene rings is 1. The Balaban J connectivity index is 2.69. The molecule has 0 radical (unpaired) electrons. The van der Waals surface area contributed by atoms with E-state index in [0.717, 1.165) is 17.1 Å². The van der Waals surface area contributed by atoms with Crippen LogP contribution in [0.15, 0.2) is 24.3 Å². The molecule has 114 valence electrons. The molecular weight excluding hydrogens is 274 g/mol. The molecule has 3 nitrogen and oxygen atoms in total. The van der Waals surface area contributed by atoms with Gasteiger partial charge in [-0.2, -0.15) is 0 Å². The molecule has 0 aromatic heterocycles. The molecular formula is C16H26ClNO2. The van der Waals surface area contributed by atoms with Gasteiger partial charge in [-0.3, -0.25) is 0 Å². The van der Waals surface area contributed by atoms with Crippen LogP contribution in [0, 0.1) is 0 Å². The largest absolute Gasteiger partial charge is 0.379 e. The maximum Gasteiger partial charge on any atom is 0.0954 e. The zero-order valence-electron chi connectivity index (χ0n) is 12.9. The summed E-state index contributed by atoms with van der Waals surface area (Å²) in [6.45, 7) is 10.3. The number of hydrogen-bond donors (Lipinski definition) is 1. The fourth-order valence-electron chi connectivity index (χ4n) is 1.90. The van der Waals surface area contributed by atoms with E-state index in [1.54, 1.807) is 0 Å². The molecule has 20 heavy (non-hydrogen) atoms. The highest BCUT2D eigenvalue weighted by molar-refractivity contribution is 6.30. The van der Waals surface area contributed by atoms with Crippen LogP contribution in [0.1, 0.15) is 39.4 Å². The van der Waals surface area contributed by atoms with Gasteiger partial charge in [-0.1, -0.05) is 37.6 Å². The number of rotatable bonds is 9. The Labute approximate surface area is 127 Å². The van der Waals surface area contributed by atoms with Crippen molar-refractivity contribution in [3.8, 4) is 0 Å². The van der Waals surface area contributed by atoms with E-state index < -0.39 is 0 Å². The molecule has 4 heteroatoms. The average molecular weight is 300 g/mol. The first-order valence-electron chi connectivity index (χ1n) is 7.25. The lowest BCUT2D eigenvalue weighted by atomic mass is 10.1. The molecule has 0 amide bonds. The summed E-state index contributed by atoms with van der Waals surface area (Å²) in [5, 5.41) is 4.15. The molecule has 2 unspecified atom stereocenters. The lowest BCUT2D eigenvalue weighted by Crippen LogP contribution is -2.31. The molecule has 1 aromatic rings. The monoisotopic (exact) mass is 299 g/mol. The summed E-state index contributed by atoms with van der Waals surface area (Å²) in [6.07, 6.45) is 0.0273. The van der Waals surface area contributed by atoms with Crippen LogP contribution in [0.5, 0.6) is 0 Å². The van der Waals surface area contributed by atoms with Gasteiger partial charge in [-0.15, -0.1) is 0 Å². The van der Waals surface area contributed by atoms with E-state index in [0.29, 0.717) is 19.3 Å². The van der Waals surface area contributed by atoms with E-state index >= 15 is 0 Å². The van der Waals surface area contributed by atoms with Crippen molar-refractivity contribution in [1.82, 2.24) is 5.32 Å². The molecule has 0 aliphatic rings. The van der Waals surface area contributed by atoms with E-state index in [9.17, 15) is 0 Å². The average Bonchev–Trinajstić information content (AvgIpc) is 2.41. The number of ether oxygens (including phenoxy) is 2. The van der Waals surface area contributed by atoms with Crippen molar-refractivity contribution in [2.24, 2.45) is 0 Å². The molecule has 0 aliphatic heterocycles. The third kappa shape index (κ3) is 6.71. The van der Waals surface area contributed by atoms with E-state index in [2.05, 4.69) is 19.2 Å². The van der Waals surface area contributed by atoms with Crippen molar-refractivity contribution in [2.75, 3.05) is 19.8 Å². The molecule has 0 bridgehead atoms. The van der Waals surface area contributed by atoms with Crippen molar-refractivity contribution in [3.05, 3.63) is 34.9 Å². The number of halogens is 1. The summed E-state index contributed by atoms with van der Waals surface area (Å²) in [5.41, 5.74) is 1.09. The SMILES string of the molecule is CCOCC(C)OC(CNC(C)C)c1cccc(Cl)c1. The van der Waals surface area contributed by atoms with Crippen LogP contribution in [0.4, 0.5) is 0 Å². The van der Waals surface area contributed by atoms with Crippen LogP contribution >= 0.6 is 11.6 Å². The van der Waals surface area contributed by atoms with Gasteiger partial charge in [0.2, 0.25) is 0 Å². The predicted molar refractivity (Wildman–Crippen MR) is 84.4 cm³/mol. The fourth-order valence-corrected chi connectivity index (χ4v) is 2.10. The van der Waals surface area contributed by atoms with E-state index in [-0.39, 0.29) is 12.2 Å². The minimum Gasteiger partial charge on any atom is -0.379 e. The standard InChI is InChI=1S/C16H26ClNO2/c1-5-19-11-13(4)20-16(10-18-12(2)3)14-7-6-8-15(17)9-14/h6-9,12-13,16,18H,5,10-11H2,1-4H3. The van der Waals surface area contributed by atoms with Crippen LogP contribution in [0.25, 0.3) is 0 Å². The molecule has 0 heterocycles. The Bertz CT molecular complexity index is 384. The number of hydrogen-bond acceptors (Lipinski definition) is 3. The van der Waals surface area contributed by atoms with E-state index in [1.807, 2.05) is 38.1 Å². The van der Waals surface area contributed by atoms with Crippen molar-refractivity contribution in [1.29, 1.82) is 0 Å². The quantitative estimate of drug-likeness (QED) is 0.752. The van der Waals surface area contributed by atoms with E-state index in [4.69, 9.17) is 21.1 Å². The maximum atomic E-state index is 6.10. The lowest BCUT2D eigenvalue weighted by molar-refractivity contribution is -0.0475. The zero-order chi connectivity index (χ0) is 15.0. The molecule has 0 aliphatic carbocycles. The van der Waals surface area contributed by atoms with Crippen LogP contribution < -0.4 is 5.32 Å². The summed E-state index contributed by atoms with van der Waals surface area (Å²) in [7, 11) is 0. The van der Waals surface area contributed by atoms with E-state index in [1.165, 1.54) is 0 Å². The maximum absolute atomic E-state index is 6.10. The normalized spacial score (nSPS) is 14.5. The molecule has 0 saturated heterocycles. The second-order valence-electron chi connectivity index (χ2n) is 5.21. The minimum atomic E-state index is -0.0217. The van der Waals surface area contributed by atoms with Gasteiger partial charge in [0.25, 0.3) is 0 Å². The van der Waals surface area contributed by atoms with Gasteiger partial charge in [0.05, 0.1) is 18.8 Å². The molecule has 1 N–H and O–H groups in total. The summed E-state index contributed by atoms with van der Waals surface area (Å²) in [4.78, 5) is 0. The number of nitrogens with one attached hydrogen (secondary N) is 1. The van der Waals surface area contributed by atoms with Crippen molar-refractivity contribution in [2.45, 2.75) is 45.9 Å². The fraction of sp³-hybridized carbons (Fsp3) is 0.625. The predicted octanol–water partition coefficient (Wildman–Crippen LogP) is 3.82. The first-order valence-corrected chi connectivity index (χ1v) is 7.62. The second-order valence-corrected chi connectivity index (χ2v) is 5.65. The van der Waals surface area contributed by atoms with Gasteiger partial charge in [0, 0.05) is 24.2 Å². The van der Waals surface area contributed by atoms with Gasteiger partial charge in [0.15, 0.2) is 0 Å². The summed E-state index contributed by atoms with van der Waals surface area (Å²) in [6, 6.07) is 8.26. The van der Waals surface area contributed by atoms with Gasteiger partial charge >= 0.3 is 0 Å². The minimum absolute atomic E-state index is 0.0217. The van der Waals surface area contributed by atoms with Gasteiger partial charge in [0.1, 0.15) is 0 Å². The smallest absolute Gasteiger partial charge is 0.0954 e. The Hall–Kier alpha value is -0.610. The first-order chi connectivity index (χ1) is 9.52. The third-order valence-electron chi connectivity index (χ3n) is 2.89. The topological polar surface area (TPSA) is 30.5 Å². The summed E-state index contributed by atoms with van der Waals surface area (Å²) < 4.78 is 11.5. The third-order valence-corrected chi connectivity index (χ3v) is 3.12. The lowest BCUT2D eigenvalue weighted by Gasteiger charge is -2.24. The van der Waals surface area contributed by atoms with Crippen LogP contribution in [-0.2, 0) is 9.47 Å². The first kappa shape index (κ1) is 17.4. The molecule has 0 saturated carbocycles. The van der Waals surface area contributed by atoms with Crippen LogP contribution in [0.2, 0.25) is 5.02 Å². The Morgan fingerprint density at radius 1 is 1.25 bits per heavy atom. The van der Waals surface area contributed by atoms with Gasteiger partial charge in [-0.05, 0) is 31.5 Å². The molecule has 2 atom stereocenters. The van der Waals surface area contributed by atoms with Gasteiger partial charge < -0.3 is 14.8 Å². The molecule has 0 spiro atoms. The van der Waals surface area contributed by atoms with Crippen LogP contribution in [-0.4, -0.2) is 31.9 Å².